The van der Waals surface area contributed by atoms with Gasteiger partial charge < -0.3 is 9.84 Å². The van der Waals surface area contributed by atoms with Gasteiger partial charge in [-0.05, 0) is 39.3 Å². The fourth-order valence-electron chi connectivity index (χ4n) is 3.54. The molecule has 1 N–H and O–H groups in total. The lowest BCUT2D eigenvalue weighted by atomic mass is 10.1. The van der Waals surface area contributed by atoms with Gasteiger partial charge in [-0.3, -0.25) is 33.7 Å². The molecule has 0 saturated carbocycles. The molecular formula is C26H26Cl2FN5O4. The second-order valence-electron chi connectivity index (χ2n) is 8.88. The summed E-state index contributed by atoms with van der Waals surface area (Å²) in [5.41, 5.74) is -1.22. The van der Waals surface area contributed by atoms with Crippen molar-refractivity contribution in [3.05, 3.63) is 103 Å². The Morgan fingerprint density at radius 3 is 2.53 bits per heavy atom. The van der Waals surface area contributed by atoms with E-state index in [1.807, 2.05) is 0 Å². The lowest BCUT2D eigenvalue weighted by Gasteiger charge is -2.19. The molecule has 3 heterocycles. The minimum Gasteiger partial charge on any atom is -0.485 e. The smallest absolute Gasteiger partial charge is 0.280 e. The molecule has 0 aliphatic heterocycles. The van der Waals surface area contributed by atoms with Gasteiger partial charge in [-0.15, -0.1) is 0 Å². The minimum atomic E-state index is -1.48. The number of ether oxygens (including phenoxy) is 1. The Morgan fingerprint density at radius 1 is 1.26 bits per heavy atom. The Kier molecular flexibility index (Phi) is 8.71. The quantitative estimate of drug-likeness (QED) is 0.260. The first-order chi connectivity index (χ1) is 17.8. The van der Waals surface area contributed by atoms with Crippen LogP contribution in [0, 0.1) is 12.7 Å². The van der Waals surface area contributed by atoms with Crippen molar-refractivity contribution in [1.82, 2.24) is 19.1 Å². The molecule has 9 nitrogen and oxygen atoms in total. The van der Waals surface area contributed by atoms with Gasteiger partial charge in [0.2, 0.25) is 0 Å². The second kappa shape index (κ2) is 11.4. The van der Waals surface area contributed by atoms with E-state index in [1.54, 1.807) is 19.9 Å². The highest BCUT2D eigenvalue weighted by Gasteiger charge is 2.24. The fraction of sp³-hybridized carbons (Fsp3) is 0.269. The topological polar surface area (TPSA) is 112 Å². The summed E-state index contributed by atoms with van der Waals surface area (Å²) in [6.45, 7) is 10.1. The third kappa shape index (κ3) is 6.09. The summed E-state index contributed by atoms with van der Waals surface area (Å²) in [7, 11) is 1.48. The average Bonchev–Trinajstić information content (AvgIpc) is 2.83. The van der Waals surface area contributed by atoms with Gasteiger partial charge in [-0.25, -0.2) is 4.39 Å². The van der Waals surface area contributed by atoms with E-state index in [0.29, 0.717) is 17.0 Å². The molecule has 0 spiro atoms. The molecule has 0 unspecified atom stereocenters. The van der Waals surface area contributed by atoms with Crippen LogP contribution < -0.4 is 15.9 Å². The van der Waals surface area contributed by atoms with Crippen LogP contribution in [0.1, 0.15) is 37.9 Å². The maximum atomic E-state index is 13.4. The highest BCUT2D eigenvalue weighted by atomic mass is 35.5. The van der Waals surface area contributed by atoms with Crippen LogP contribution in [0.3, 0.4) is 0 Å². The van der Waals surface area contributed by atoms with Crippen molar-refractivity contribution < 1.29 is 14.2 Å². The molecule has 0 aliphatic carbocycles. The number of aliphatic imine (C=N–C) groups is 1. The predicted octanol–water partition coefficient (Wildman–Crippen LogP) is 4.35. The van der Waals surface area contributed by atoms with Crippen molar-refractivity contribution in [2.45, 2.75) is 39.9 Å². The highest BCUT2D eigenvalue weighted by molar-refractivity contribution is 6.32. The van der Waals surface area contributed by atoms with Crippen LogP contribution >= 0.6 is 23.2 Å². The molecule has 0 saturated heterocycles. The van der Waals surface area contributed by atoms with E-state index in [9.17, 15) is 19.1 Å². The molecule has 12 heteroatoms. The number of aliphatic hydroxyl groups is 1. The number of halogens is 3. The van der Waals surface area contributed by atoms with Crippen molar-refractivity contribution >= 4 is 34.7 Å². The first-order valence-corrected chi connectivity index (χ1v) is 12.0. The lowest BCUT2D eigenvalue weighted by Crippen LogP contribution is -2.36. The van der Waals surface area contributed by atoms with Crippen molar-refractivity contribution in [2.24, 2.45) is 4.99 Å². The van der Waals surface area contributed by atoms with E-state index >= 15 is 0 Å². The van der Waals surface area contributed by atoms with E-state index < -0.39 is 22.5 Å². The van der Waals surface area contributed by atoms with Crippen LogP contribution in [-0.2, 0) is 12.2 Å². The summed E-state index contributed by atoms with van der Waals surface area (Å²) < 4.78 is 21.5. The molecule has 0 bridgehead atoms. The Hall–Kier alpha value is -3.60. The Morgan fingerprint density at radius 2 is 1.95 bits per heavy atom. The largest absolute Gasteiger partial charge is 0.485 e. The Bertz CT molecular complexity index is 1590. The molecule has 3 aromatic rings. The van der Waals surface area contributed by atoms with E-state index in [1.165, 1.54) is 48.5 Å². The Balaban J connectivity index is 2.08. The van der Waals surface area contributed by atoms with E-state index in [2.05, 4.69) is 21.5 Å². The summed E-state index contributed by atoms with van der Waals surface area (Å²) in [5.74, 6) is -0.339. The molecule has 3 aromatic heterocycles. The average molecular weight is 562 g/mol. The van der Waals surface area contributed by atoms with Crippen LogP contribution in [-0.4, -0.2) is 37.1 Å². The number of rotatable bonds is 7. The van der Waals surface area contributed by atoms with Crippen LogP contribution in [0.5, 0.6) is 5.75 Å². The number of hydrogen-bond acceptors (Lipinski definition) is 7. The van der Waals surface area contributed by atoms with Crippen LogP contribution in [0.2, 0.25) is 10.0 Å². The summed E-state index contributed by atoms with van der Waals surface area (Å²) in [4.78, 5) is 38.5. The third-order valence-electron chi connectivity index (χ3n) is 5.39. The van der Waals surface area contributed by atoms with E-state index in [-0.39, 0.29) is 39.6 Å². The molecule has 0 aliphatic rings. The number of pyridine rings is 2. The summed E-state index contributed by atoms with van der Waals surface area (Å²) in [6.07, 6.45) is 5.29. The van der Waals surface area contributed by atoms with Crippen molar-refractivity contribution in [2.75, 3.05) is 7.05 Å². The van der Waals surface area contributed by atoms with E-state index in [0.717, 1.165) is 12.3 Å². The van der Waals surface area contributed by atoms with Gasteiger partial charge in [0.15, 0.2) is 0 Å². The van der Waals surface area contributed by atoms with Crippen molar-refractivity contribution in [3.63, 3.8) is 0 Å². The van der Waals surface area contributed by atoms with Crippen LogP contribution in [0.25, 0.3) is 5.70 Å². The zero-order chi connectivity index (χ0) is 28.4. The maximum absolute atomic E-state index is 13.4. The van der Waals surface area contributed by atoms with Crippen molar-refractivity contribution in [1.29, 1.82) is 0 Å². The van der Waals surface area contributed by atoms with Gasteiger partial charge in [0, 0.05) is 37.3 Å². The third-order valence-corrected chi connectivity index (χ3v) is 6.06. The zero-order valence-electron chi connectivity index (χ0n) is 21.4. The number of aryl methyl sites for hydroxylation is 1. The Labute approximate surface area is 228 Å². The standard InChI is InChI=1S/C26H26Cl2FN5O4/c1-14(2)19(11-21(30-6)33-8-7-31-23(25(33)36)26(4,5)37)34-15(3)9-20(22(28)24(34)35)38-13-18-17(27)10-16(29)12-32-18/h7-12,37H,1,13H2,2-6H3/b19-11+,30-21+. The van der Waals surface area contributed by atoms with Crippen molar-refractivity contribution in [3.8, 4) is 5.75 Å². The lowest BCUT2D eigenvalue weighted by molar-refractivity contribution is 0.0719. The number of aromatic nitrogens is 4. The first-order valence-electron chi connectivity index (χ1n) is 11.3. The van der Waals surface area contributed by atoms with Gasteiger partial charge >= 0.3 is 0 Å². The van der Waals surface area contributed by atoms with Crippen LogP contribution in [0.4, 0.5) is 4.39 Å². The molecule has 200 valence electrons. The number of allylic oxidation sites excluding steroid dienone is 3. The molecule has 0 aromatic carbocycles. The second-order valence-corrected chi connectivity index (χ2v) is 9.66. The summed E-state index contributed by atoms with van der Waals surface area (Å²) in [6, 6.07) is 2.65. The number of hydrogen-bond donors (Lipinski definition) is 1. The van der Waals surface area contributed by atoms with Gasteiger partial charge in [-0.1, -0.05) is 29.8 Å². The minimum absolute atomic E-state index is 0.0694. The molecule has 3 rings (SSSR count). The summed E-state index contributed by atoms with van der Waals surface area (Å²) >= 11 is 12.4. The van der Waals surface area contributed by atoms with Crippen LogP contribution in [0.15, 0.2) is 63.5 Å². The first kappa shape index (κ1) is 29.0. The highest BCUT2D eigenvalue weighted by Crippen LogP contribution is 2.27. The van der Waals surface area contributed by atoms with Gasteiger partial charge in [0.1, 0.15) is 40.3 Å². The monoisotopic (exact) mass is 561 g/mol. The van der Waals surface area contributed by atoms with E-state index in [4.69, 9.17) is 27.9 Å². The predicted molar refractivity (Wildman–Crippen MR) is 146 cm³/mol. The molecule has 0 radical (unpaired) electrons. The SMILES string of the molecule is C=C(C)/C(=C\C(=N/C)n1ccnc(C(C)(C)O)c1=O)n1c(C)cc(OCc2ncc(F)cc2Cl)c(Cl)c1=O. The fourth-order valence-corrected chi connectivity index (χ4v) is 3.94. The van der Waals surface area contributed by atoms with Gasteiger partial charge in [0.25, 0.3) is 11.1 Å². The molecule has 0 atom stereocenters. The molecule has 38 heavy (non-hydrogen) atoms. The zero-order valence-corrected chi connectivity index (χ0v) is 22.9. The summed E-state index contributed by atoms with van der Waals surface area (Å²) in [5, 5.41) is 10.2. The maximum Gasteiger partial charge on any atom is 0.280 e. The normalized spacial score (nSPS) is 12.6. The molecular weight excluding hydrogens is 536 g/mol. The van der Waals surface area contributed by atoms with Gasteiger partial charge in [0.05, 0.1) is 22.6 Å². The number of nitrogens with zero attached hydrogens (tertiary/aromatic N) is 5. The molecule has 0 amide bonds. The molecule has 0 fully saturated rings. The van der Waals surface area contributed by atoms with Gasteiger partial charge in [-0.2, -0.15) is 0 Å².